The average Bonchev–Trinajstić information content (AvgIpc) is 2.39. The van der Waals surface area contributed by atoms with Gasteiger partial charge in [-0.25, -0.2) is 4.39 Å². The van der Waals surface area contributed by atoms with Crippen molar-refractivity contribution in [1.29, 1.82) is 5.26 Å². The molecule has 2 rings (SSSR count). The summed E-state index contributed by atoms with van der Waals surface area (Å²) < 4.78 is 13.3. The maximum absolute atomic E-state index is 13.3. The molecule has 0 radical (unpaired) electrons. The molecule has 0 aliphatic carbocycles. The lowest BCUT2D eigenvalue weighted by molar-refractivity contribution is 0.624. The van der Waals surface area contributed by atoms with E-state index < -0.39 is 6.04 Å². The third kappa shape index (κ3) is 3.11. The maximum Gasteiger partial charge on any atom is 0.140 e. The van der Waals surface area contributed by atoms with E-state index >= 15 is 0 Å². The average molecular weight is 254 g/mol. The smallest absolute Gasteiger partial charge is 0.140 e. The molecule has 0 fully saturated rings. The normalized spacial score (nSPS) is 11.7. The van der Waals surface area contributed by atoms with Crippen molar-refractivity contribution in [3.63, 3.8) is 0 Å². The number of nitrogens with zero attached hydrogens (tertiary/aromatic N) is 1. The number of nitrogens with one attached hydrogen (secondary N) is 1. The highest BCUT2D eigenvalue weighted by molar-refractivity contribution is 5.50. The molecular weight excluding hydrogens is 239 g/mol. The minimum atomic E-state index is -0.558. The molecule has 2 aromatic rings. The lowest BCUT2D eigenvalue weighted by Crippen LogP contribution is -2.10. The first-order valence-corrected chi connectivity index (χ1v) is 6.09. The van der Waals surface area contributed by atoms with E-state index in [2.05, 4.69) is 11.4 Å². The number of halogens is 1. The summed E-state index contributed by atoms with van der Waals surface area (Å²) in [5.41, 5.74) is 3.53. The lowest BCUT2D eigenvalue weighted by Gasteiger charge is -2.16. The number of nitriles is 1. The molecule has 3 heteroatoms. The Bertz CT molecular complexity index is 629. The van der Waals surface area contributed by atoms with Gasteiger partial charge in [0.25, 0.3) is 0 Å². The largest absolute Gasteiger partial charge is 0.366 e. The van der Waals surface area contributed by atoms with Crippen LogP contribution in [0.25, 0.3) is 0 Å². The number of hydrogen-bond acceptors (Lipinski definition) is 2. The van der Waals surface area contributed by atoms with Crippen LogP contribution in [0.15, 0.2) is 42.5 Å². The van der Waals surface area contributed by atoms with Gasteiger partial charge in [0.2, 0.25) is 0 Å². The molecule has 2 nitrogen and oxygen atoms in total. The zero-order chi connectivity index (χ0) is 13.8. The minimum Gasteiger partial charge on any atom is -0.366 e. The fraction of sp³-hybridized carbons (Fsp3) is 0.188. The Balaban J connectivity index is 2.31. The van der Waals surface area contributed by atoms with Gasteiger partial charge in [0, 0.05) is 5.69 Å². The van der Waals surface area contributed by atoms with Crippen molar-refractivity contribution in [2.45, 2.75) is 19.9 Å². The molecule has 1 unspecified atom stereocenters. The van der Waals surface area contributed by atoms with Crippen LogP contribution in [-0.4, -0.2) is 0 Å². The molecule has 0 spiro atoms. The molecule has 0 aliphatic heterocycles. The van der Waals surface area contributed by atoms with Crippen LogP contribution in [0, 0.1) is 31.0 Å². The Hall–Kier alpha value is -2.34. The summed E-state index contributed by atoms with van der Waals surface area (Å²) >= 11 is 0. The van der Waals surface area contributed by atoms with Crippen molar-refractivity contribution in [2.75, 3.05) is 5.32 Å². The molecule has 2 aromatic carbocycles. The summed E-state index contributed by atoms with van der Waals surface area (Å²) in [5, 5.41) is 12.4. The third-order valence-corrected chi connectivity index (χ3v) is 3.01. The predicted molar refractivity (Wildman–Crippen MR) is 74.3 cm³/mol. The molecule has 1 N–H and O–H groups in total. The highest BCUT2D eigenvalue weighted by atomic mass is 19.1. The van der Waals surface area contributed by atoms with E-state index in [9.17, 15) is 9.65 Å². The van der Waals surface area contributed by atoms with Crippen LogP contribution in [0.5, 0.6) is 0 Å². The van der Waals surface area contributed by atoms with Gasteiger partial charge in [-0.3, -0.25) is 0 Å². The number of rotatable bonds is 3. The molecule has 96 valence electrons. The van der Waals surface area contributed by atoms with Crippen molar-refractivity contribution in [2.24, 2.45) is 0 Å². The number of benzene rings is 2. The Morgan fingerprint density at radius 3 is 2.63 bits per heavy atom. The molecular formula is C16H15FN2. The van der Waals surface area contributed by atoms with Crippen LogP contribution >= 0.6 is 0 Å². The Morgan fingerprint density at radius 1 is 1.16 bits per heavy atom. The summed E-state index contributed by atoms with van der Waals surface area (Å²) in [4.78, 5) is 0. The third-order valence-electron chi connectivity index (χ3n) is 3.01. The summed E-state index contributed by atoms with van der Waals surface area (Å²) in [5.74, 6) is -0.327. The zero-order valence-corrected chi connectivity index (χ0v) is 10.9. The van der Waals surface area contributed by atoms with Gasteiger partial charge in [0.1, 0.15) is 11.9 Å². The van der Waals surface area contributed by atoms with Crippen molar-refractivity contribution >= 4 is 5.69 Å². The molecule has 0 amide bonds. The highest BCUT2D eigenvalue weighted by Gasteiger charge is 2.13. The van der Waals surface area contributed by atoms with Crippen LogP contribution < -0.4 is 5.32 Å². The van der Waals surface area contributed by atoms with Crippen LogP contribution in [0.4, 0.5) is 10.1 Å². The second-order valence-corrected chi connectivity index (χ2v) is 4.58. The second-order valence-electron chi connectivity index (χ2n) is 4.58. The summed E-state index contributed by atoms with van der Waals surface area (Å²) in [6.45, 7) is 3.86. The first-order chi connectivity index (χ1) is 9.10. The SMILES string of the molecule is Cc1cccc(NC(C#N)c2cc(F)ccc2C)c1. The van der Waals surface area contributed by atoms with Crippen LogP contribution in [0.2, 0.25) is 0 Å². The molecule has 0 saturated heterocycles. The van der Waals surface area contributed by atoms with Gasteiger partial charge < -0.3 is 5.32 Å². The van der Waals surface area contributed by atoms with Gasteiger partial charge >= 0.3 is 0 Å². The van der Waals surface area contributed by atoms with E-state index in [1.54, 1.807) is 6.07 Å². The monoisotopic (exact) mass is 254 g/mol. The van der Waals surface area contributed by atoms with E-state index in [1.807, 2.05) is 38.1 Å². The first-order valence-electron chi connectivity index (χ1n) is 6.09. The van der Waals surface area contributed by atoms with E-state index in [0.717, 1.165) is 16.8 Å². The fourth-order valence-electron chi connectivity index (χ4n) is 2.00. The molecule has 1 atom stereocenters. The minimum absolute atomic E-state index is 0.327. The van der Waals surface area contributed by atoms with Gasteiger partial charge in [-0.2, -0.15) is 5.26 Å². The standard InChI is InChI=1S/C16H15FN2/c1-11-4-3-5-14(8-11)19-16(10-18)15-9-13(17)7-6-12(15)2/h3-9,16,19H,1-2H3. The van der Waals surface area contributed by atoms with Gasteiger partial charge in [-0.15, -0.1) is 0 Å². The molecule has 0 heterocycles. The van der Waals surface area contributed by atoms with Gasteiger partial charge in [0.15, 0.2) is 0 Å². The summed E-state index contributed by atoms with van der Waals surface area (Å²) in [6, 6.07) is 13.9. The van der Waals surface area contributed by atoms with Crippen molar-refractivity contribution in [1.82, 2.24) is 0 Å². The molecule has 0 bridgehead atoms. The molecule has 0 aliphatic rings. The molecule has 0 saturated carbocycles. The first kappa shape index (κ1) is 13.1. The van der Waals surface area contributed by atoms with E-state index in [-0.39, 0.29) is 5.82 Å². The van der Waals surface area contributed by atoms with E-state index in [1.165, 1.54) is 12.1 Å². The molecule has 19 heavy (non-hydrogen) atoms. The fourth-order valence-corrected chi connectivity index (χ4v) is 2.00. The lowest BCUT2D eigenvalue weighted by atomic mass is 10.0. The zero-order valence-electron chi connectivity index (χ0n) is 10.9. The number of aryl methyl sites for hydroxylation is 2. The Kier molecular flexibility index (Phi) is 3.82. The van der Waals surface area contributed by atoms with Gasteiger partial charge in [-0.05, 0) is 54.8 Å². The van der Waals surface area contributed by atoms with E-state index in [4.69, 9.17) is 0 Å². The van der Waals surface area contributed by atoms with Crippen molar-refractivity contribution in [3.05, 3.63) is 65.0 Å². The second kappa shape index (κ2) is 5.53. The van der Waals surface area contributed by atoms with Crippen LogP contribution in [0.1, 0.15) is 22.7 Å². The Morgan fingerprint density at radius 2 is 1.95 bits per heavy atom. The van der Waals surface area contributed by atoms with Gasteiger partial charge in [-0.1, -0.05) is 18.2 Å². The maximum atomic E-state index is 13.3. The van der Waals surface area contributed by atoms with Crippen LogP contribution in [-0.2, 0) is 0 Å². The quantitative estimate of drug-likeness (QED) is 0.894. The summed E-state index contributed by atoms with van der Waals surface area (Å²) in [7, 11) is 0. The predicted octanol–water partition coefficient (Wildman–Crippen LogP) is 4.12. The molecule has 0 aromatic heterocycles. The highest BCUT2D eigenvalue weighted by Crippen LogP contribution is 2.23. The van der Waals surface area contributed by atoms with Gasteiger partial charge in [0.05, 0.1) is 6.07 Å². The number of hydrogen-bond donors (Lipinski definition) is 1. The van der Waals surface area contributed by atoms with Crippen molar-refractivity contribution in [3.8, 4) is 6.07 Å². The summed E-state index contributed by atoms with van der Waals surface area (Å²) in [6.07, 6.45) is 0. The van der Waals surface area contributed by atoms with Crippen molar-refractivity contribution < 1.29 is 4.39 Å². The Labute approximate surface area is 112 Å². The van der Waals surface area contributed by atoms with Crippen LogP contribution in [0.3, 0.4) is 0 Å². The number of anilines is 1. The topological polar surface area (TPSA) is 35.8 Å². The van der Waals surface area contributed by atoms with E-state index in [0.29, 0.717) is 5.56 Å².